The minimum Gasteiger partial charge on any atom is -0.331 e. The van der Waals surface area contributed by atoms with Crippen LogP contribution in [0.1, 0.15) is 19.4 Å². The van der Waals surface area contributed by atoms with Gasteiger partial charge in [-0.3, -0.25) is 15.1 Å². The molecule has 0 aliphatic carbocycles. The molecule has 1 heterocycles. The highest BCUT2D eigenvalue weighted by molar-refractivity contribution is 6.09. The fourth-order valence-electron chi connectivity index (χ4n) is 2.83. The van der Waals surface area contributed by atoms with Crippen LogP contribution in [0.4, 0.5) is 23.7 Å². The third-order valence-electron chi connectivity index (χ3n) is 4.26. The number of nitriles is 1. The molecule has 0 aromatic heterocycles. The van der Waals surface area contributed by atoms with E-state index in [1.54, 1.807) is 19.9 Å². The van der Waals surface area contributed by atoms with Gasteiger partial charge in [-0.25, -0.2) is 4.79 Å². The molecule has 8 nitrogen and oxygen atoms in total. The standard InChI is InChI=1S/C20H21F3N6O2/c1-4-8-28(15-7-5-6-14(9-15)20(21,22)23)16(30)13(10-24)11-26-17(25)29-12-19(2,3)27-18(29)31/h4-7,9,11H,1,8,12H2,2-3H3,(H2,25,26)(H,27,31)/b13-11+. The average Bonchev–Trinajstić information content (AvgIpc) is 2.98. The van der Waals surface area contributed by atoms with Gasteiger partial charge in [0.1, 0.15) is 11.6 Å². The fourth-order valence-corrected chi connectivity index (χ4v) is 2.83. The molecule has 1 aromatic rings. The molecular formula is C20H21F3N6O2. The lowest BCUT2D eigenvalue weighted by Crippen LogP contribution is -2.41. The van der Waals surface area contributed by atoms with Gasteiger partial charge in [-0.2, -0.15) is 18.4 Å². The number of anilines is 1. The van der Waals surface area contributed by atoms with Gasteiger partial charge in [0.15, 0.2) is 0 Å². The molecule has 0 atom stereocenters. The molecular weight excluding hydrogens is 413 g/mol. The zero-order valence-corrected chi connectivity index (χ0v) is 16.9. The van der Waals surface area contributed by atoms with Gasteiger partial charge < -0.3 is 15.5 Å². The quantitative estimate of drug-likeness (QED) is 0.217. The number of carbonyl (C=O) groups is 2. The number of nitrogens with one attached hydrogen (secondary N) is 3. The van der Waals surface area contributed by atoms with E-state index in [-0.39, 0.29) is 24.7 Å². The van der Waals surface area contributed by atoms with E-state index < -0.39 is 34.8 Å². The van der Waals surface area contributed by atoms with Crippen molar-refractivity contribution in [2.75, 3.05) is 18.0 Å². The summed E-state index contributed by atoms with van der Waals surface area (Å²) in [5.41, 5.74) is -2.05. The van der Waals surface area contributed by atoms with Crippen molar-refractivity contribution in [3.8, 4) is 6.07 Å². The molecule has 1 aliphatic heterocycles. The number of guanidine groups is 1. The van der Waals surface area contributed by atoms with Crippen molar-refractivity contribution < 1.29 is 22.8 Å². The summed E-state index contributed by atoms with van der Waals surface area (Å²) >= 11 is 0. The third kappa shape index (κ3) is 5.63. The van der Waals surface area contributed by atoms with Crippen LogP contribution in [0.15, 0.2) is 48.7 Å². The van der Waals surface area contributed by atoms with Crippen molar-refractivity contribution in [2.24, 2.45) is 0 Å². The van der Waals surface area contributed by atoms with Crippen LogP contribution in [0.3, 0.4) is 0 Å². The van der Waals surface area contributed by atoms with E-state index in [0.29, 0.717) is 0 Å². The number of amides is 3. The summed E-state index contributed by atoms with van der Waals surface area (Å²) in [6.07, 6.45) is -2.36. The Morgan fingerprint density at radius 3 is 2.68 bits per heavy atom. The second kappa shape index (κ2) is 8.91. The molecule has 0 bridgehead atoms. The van der Waals surface area contributed by atoms with Crippen LogP contribution in [-0.2, 0) is 11.0 Å². The van der Waals surface area contributed by atoms with Gasteiger partial charge in [0.05, 0.1) is 17.6 Å². The Hall–Kier alpha value is -3.81. The maximum absolute atomic E-state index is 13.0. The number of nitrogens with zero attached hydrogens (tertiary/aromatic N) is 3. The number of alkyl halides is 3. The van der Waals surface area contributed by atoms with Gasteiger partial charge in [0.25, 0.3) is 5.91 Å². The lowest BCUT2D eigenvalue weighted by atomic mass is 10.1. The Bertz CT molecular complexity index is 978. The third-order valence-corrected chi connectivity index (χ3v) is 4.26. The Morgan fingerprint density at radius 1 is 1.48 bits per heavy atom. The highest BCUT2D eigenvalue weighted by Gasteiger charge is 2.37. The van der Waals surface area contributed by atoms with E-state index in [4.69, 9.17) is 5.41 Å². The van der Waals surface area contributed by atoms with Crippen molar-refractivity contribution in [3.63, 3.8) is 0 Å². The number of hydrogen-bond acceptors (Lipinski definition) is 4. The second-order valence-electron chi connectivity index (χ2n) is 7.32. The van der Waals surface area contributed by atoms with E-state index in [9.17, 15) is 28.0 Å². The summed E-state index contributed by atoms with van der Waals surface area (Å²) in [6.45, 7) is 7.06. The van der Waals surface area contributed by atoms with Crippen LogP contribution in [0.2, 0.25) is 0 Å². The first-order chi connectivity index (χ1) is 14.4. The van der Waals surface area contributed by atoms with Gasteiger partial charge in [0.2, 0.25) is 5.96 Å². The van der Waals surface area contributed by atoms with Crippen LogP contribution in [0, 0.1) is 16.7 Å². The van der Waals surface area contributed by atoms with E-state index in [2.05, 4.69) is 17.2 Å². The van der Waals surface area contributed by atoms with Crippen molar-refractivity contribution >= 4 is 23.6 Å². The molecule has 0 saturated carbocycles. The van der Waals surface area contributed by atoms with Gasteiger partial charge >= 0.3 is 12.2 Å². The summed E-state index contributed by atoms with van der Waals surface area (Å²) in [7, 11) is 0. The summed E-state index contributed by atoms with van der Waals surface area (Å²) < 4.78 is 39.1. The second-order valence-corrected chi connectivity index (χ2v) is 7.32. The van der Waals surface area contributed by atoms with Crippen molar-refractivity contribution in [2.45, 2.75) is 25.6 Å². The van der Waals surface area contributed by atoms with Crippen LogP contribution in [-0.4, -0.2) is 41.4 Å². The average molecular weight is 434 g/mol. The van der Waals surface area contributed by atoms with Crippen molar-refractivity contribution in [3.05, 3.63) is 54.3 Å². The predicted octanol–water partition coefficient (Wildman–Crippen LogP) is 2.96. The van der Waals surface area contributed by atoms with Crippen LogP contribution >= 0.6 is 0 Å². The molecule has 1 fully saturated rings. The number of halogens is 3. The molecule has 164 valence electrons. The van der Waals surface area contributed by atoms with Crippen LogP contribution in [0.25, 0.3) is 0 Å². The molecule has 0 unspecified atom stereocenters. The zero-order chi connectivity index (χ0) is 23.4. The Balaban J connectivity index is 2.25. The highest BCUT2D eigenvalue weighted by Crippen LogP contribution is 2.32. The monoisotopic (exact) mass is 434 g/mol. The minimum atomic E-state index is -4.60. The molecule has 2 rings (SSSR count). The number of hydrogen-bond donors (Lipinski definition) is 3. The lowest BCUT2D eigenvalue weighted by Gasteiger charge is -2.22. The largest absolute Gasteiger partial charge is 0.416 e. The number of benzene rings is 1. The lowest BCUT2D eigenvalue weighted by molar-refractivity contribution is -0.137. The van der Waals surface area contributed by atoms with Gasteiger partial charge in [-0.15, -0.1) is 6.58 Å². The van der Waals surface area contributed by atoms with E-state index in [1.807, 2.05) is 0 Å². The molecule has 0 radical (unpaired) electrons. The topological polar surface area (TPSA) is 112 Å². The zero-order valence-electron chi connectivity index (χ0n) is 16.9. The Labute approximate surface area is 177 Å². The van der Waals surface area contributed by atoms with Crippen molar-refractivity contribution in [1.82, 2.24) is 15.5 Å². The summed E-state index contributed by atoms with van der Waals surface area (Å²) in [4.78, 5) is 26.8. The molecule has 3 amide bonds. The maximum atomic E-state index is 13.0. The van der Waals surface area contributed by atoms with E-state index in [1.165, 1.54) is 12.1 Å². The van der Waals surface area contributed by atoms with Crippen LogP contribution in [0.5, 0.6) is 0 Å². The Morgan fingerprint density at radius 2 is 2.16 bits per heavy atom. The maximum Gasteiger partial charge on any atom is 0.416 e. The molecule has 1 saturated heterocycles. The Kier molecular flexibility index (Phi) is 6.74. The first kappa shape index (κ1) is 23.5. The number of urea groups is 1. The number of carbonyl (C=O) groups excluding carboxylic acids is 2. The molecule has 1 aromatic carbocycles. The SMILES string of the molecule is C=CCN(C(=O)/C(C#N)=C/NC(=N)N1CC(C)(C)NC1=O)c1cccc(C(F)(F)F)c1. The molecule has 31 heavy (non-hydrogen) atoms. The summed E-state index contributed by atoms with van der Waals surface area (Å²) in [5.74, 6) is -1.26. The minimum absolute atomic E-state index is 0.0726. The molecule has 0 spiro atoms. The number of rotatable bonds is 5. The molecule has 11 heteroatoms. The van der Waals surface area contributed by atoms with Gasteiger partial charge in [-0.1, -0.05) is 12.1 Å². The van der Waals surface area contributed by atoms with E-state index in [0.717, 1.165) is 34.2 Å². The van der Waals surface area contributed by atoms with Crippen LogP contribution < -0.4 is 15.5 Å². The predicted molar refractivity (Wildman–Crippen MR) is 108 cm³/mol. The summed E-state index contributed by atoms with van der Waals surface area (Å²) in [5, 5.41) is 22.5. The van der Waals surface area contributed by atoms with Gasteiger partial charge in [-0.05, 0) is 32.0 Å². The van der Waals surface area contributed by atoms with E-state index >= 15 is 0 Å². The van der Waals surface area contributed by atoms with Crippen molar-refractivity contribution in [1.29, 1.82) is 10.7 Å². The molecule has 3 N–H and O–H groups in total. The molecule has 1 aliphatic rings. The highest BCUT2D eigenvalue weighted by atomic mass is 19.4. The summed E-state index contributed by atoms with van der Waals surface area (Å²) in [6, 6.07) is 5.27. The fraction of sp³-hybridized carbons (Fsp3) is 0.300. The first-order valence-corrected chi connectivity index (χ1v) is 9.04. The van der Waals surface area contributed by atoms with Gasteiger partial charge in [0, 0.05) is 18.4 Å². The smallest absolute Gasteiger partial charge is 0.331 e. The first-order valence-electron chi connectivity index (χ1n) is 9.04. The normalized spacial score (nSPS) is 15.7.